The number of furan rings is 2. The number of thiophene rings is 4. The van der Waals surface area contributed by atoms with Gasteiger partial charge in [0.15, 0.2) is 0 Å². The standard InChI is InChI=1S/C118H70N4O10S4/c1-4-128-117(125)85-25-7-6-20-73(85)68-45-51-77-78-52-46-69(58-93(78)104-103(92(77)57-68)121-107-108(122-104)114(87-30-18-28-84-80-22-9-13-32-95(80)132-110(84)87)136-113(107)86-29-17-27-83-79-21-8-12-31-94(79)131-109(83)86)74-26-16-19-72(100(74)118(126)129-5-2)61-130-116(124)65-41-37-63(38-42-65)67-44-50-76-75-49-43-66(62-35-39-64(40-36-62)115(123)127-3)55-90(75)101-102(91(76)56-67)120-106-105(119-101)111(70-47-53-98-88(59-70)81-23-10-14-33-96(81)133-98)135-112(106)71-48-54-99-89(60-71)82-24-11-15-34-97(82)134-99/h6-60H,4-5,61H2,1-3H3. The molecule has 0 saturated heterocycles. The van der Waals surface area contributed by atoms with Gasteiger partial charge >= 0.3 is 23.9 Å². The van der Waals surface area contributed by atoms with Crippen LogP contribution < -0.4 is 0 Å². The van der Waals surface area contributed by atoms with E-state index in [1.807, 2.05) is 103 Å². The summed E-state index contributed by atoms with van der Waals surface area (Å²) in [5.74, 6) is -2.02. The molecule has 26 rings (SSSR count). The molecule has 0 atom stereocenters. The molecule has 0 aliphatic carbocycles. The lowest BCUT2D eigenvalue weighted by Crippen LogP contribution is -2.13. The number of methoxy groups -OCH3 is 1. The summed E-state index contributed by atoms with van der Waals surface area (Å²) in [6.45, 7) is 3.59. The first-order valence-corrected chi connectivity index (χ1v) is 48.1. The van der Waals surface area contributed by atoms with Gasteiger partial charge in [0.05, 0.1) is 84.2 Å². The molecule has 8 heterocycles. The van der Waals surface area contributed by atoms with Gasteiger partial charge in [0, 0.05) is 100 Å². The number of carbonyl (C=O) groups is 4. The van der Waals surface area contributed by atoms with Crippen LogP contribution in [0.15, 0.2) is 342 Å². The number of para-hydroxylation sites is 4. The third-order valence-electron chi connectivity index (χ3n) is 26.4. The number of nitrogens with zero attached hydrogens (tertiary/aromatic N) is 4. The number of ether oxygens (including phenoxy) is 4. The summed E-state index contributed by atoms with van der Waals surface area (Å²) in [5, 5.41) is 15.8. The summed E-state index contributed by atoms with van der Waals surface area (Å²) in [7, 11) is 1.39. The molecule has 14 nitrogen and oxygen atoms in total. The zero-order valence-corrected chi connectivity index (χ0v) is 76.1. The monoisotopic (exact) mass is 1830 g/mol. The summed E-state index contributed by atoms with van der Waals surface area (Å²) >= 11 is 6.89. The van der Waals surface area contributed by atoms with Gasteiger partial charge in [-0.15, -0.1) is 45.3 Å². The van der Waals surface area contributed by atoms with Crippen molar-refractivity contribution in [3.63, 3.8) is 0 Å². The van der Waals surface area contributed by atoms with Crippen molar-refractivity contribution >= 4 is 241 Å². The van der Waals surface area contributed by atoms with Crippen LogP contribution in [0.1, 0.15) is 60.8 Å². The van der Waals surface area contributed by atoms with Gasteiger partial charge in [-0.3, -0.25) is 0 Å². The molecule has 0 aliphatic heterocycles. The average molecular weight is 1830 g/mol. The molecule has 0 amide bonds. The molecule has 0 fully saturated rings. The third-order valence-corrected chi connectivity index (χ3v) is 31.2. The van der Waals surface area contributed by atoms with Crippen molar-refractivity contribution < 1.29 is 47.0 Å². The lowest BCUT2D eigenvalue weighted by Gasteiger charge is -2.17. The summed E-state index contributed by atoms with van der Waals surface area (Å²) in [5.41, 5.74) is 20.4. The van der Waals surface area contributed by atoms with Gasteiger partial charge in [0.25, 0.3) is 0 Å². The molecule has 0 N–H and O–H groups in total. The molecule has 646 valence electrons. The first-order chi connectivity index (χ1) is 66.9. The van der Waals surface area contributed by atoms with Crippen molar-refractivity contribution in [1.82, 2.24) is 19.9 Å². The maximum Gasteiger partial charge on any atom is 0.339 e. The van der Waals surface area contributed by atoms with E-state index in [4.69, 9.17) is 47.7 Å². The lowest BCUT2D eigenvalue weighted by atomic mass is 9.90. The Kier molecular flexibility index (Phi) is 18.9. The first-order valence-electron chi connectivity index (χ1n) is 44.9. The van der Waals surface area contributed by atoms with Gasteiger partial charge < -0.3 is 27.8 Å². The van der Waals surface area contributed by atoms with Crippen LogP contribution in [0, 0.1) is 0 Å². The Hall–Kier alpha value is -16.5. The van der Waals surface area contributed by atoms with Gasteiger partial charge in [-0.05, 0) is 206 Å². The van der Waals surface area contributed by atoms with E-state index in [0.717, 1.165) is 173 Å². The molecule has 0 spiro atoms. The summed E-state index contributed by atoms with van der Waals surface area (Å²) in [6, 6.07) is 113. The first kappa shape index (κ1) is 80.4. The minimum absolute atomic E-state index is 0.0786. The van der Waals surface area contributed by atoms with Crippen LogP contribution in [0.3, 0.4) is 0 Å². The minimum atomic E-state index is -0.593. The molecule has 0 unspecified atom stereocenters. The summed E-state index contributed by atoms with van der Waals surface area (Å²) in [6.07, 6.45) is 0. The maximum absolute atomic E-state index is 15.0. The largest absolute Gasteiger partial charge is 0.465 e. The van der Waals surface area contributed by atoms with E-state index in [1.54, 1.807) is 95.6 Å². The summed E-state index contributed by atoms with van der Waals surface area (Å²) < 4.78 is 41.6. The van der Waals surface area contributed by atoms with Crippen molar-refractivity contribution in [2.45, 2.75) is 20.5 Å². The lowest BCUT2D eigenvalue weighted by molar-refractivity contribution is 0.0450. The van der Waals surface area contributed by atoms with Gasteiger partial charge in [-0.1, -0.05) is 218 Å². The second-order valence-corrected chi connectivity index (χ2v) is 38.2. The van der Waals surface area contributed by atoms with Gasteiger partial charge in [0.1, 0.15) is 51.0 Å². The summed E-state index contributed by atoms with van der Waals surface area (Å²) in [4.78, 5) is 83.6. The van der Waals surface area contributed by atoms with Crippen molar-refractivity contribution in [3.05, 3.63) is 361 Å². The number of aromatic nitrogens is 4. The predicted octanol–water partition coefficient (Wildman–Crippen LogP) is 32.0. The quantitative estimate of drug-likeness (QED) is 0.0506. The highest BCUT2D eigenvalue weighted by Crippen LogP contribution is 2.54. The Morgan fingerprint density at radius 1 is 0.265 bits per heavy atom. The Morgan fingerprint density at radius 2 is 0.632 bits per heavy atom. The average Bonchev–Trinajstić information content (AvgIpc) is 1.36. The molecule has 8 aromatic heterocycles. The molecule has 136 heavy (non-hydrogen) atoms. The molecule has 26 aromatic rings. The smallest absolute Gasteiger partial charge is 0.339 e. The van der Waals surface area contributed by atoms with Gasteiger partial charge in [-0.2, -0.15) is 0 Å². The van der Waals surface area contributed by atoms with Crippen molar-refractivity contribution in [3.8, 4) is 86.3 Å². The van der Waals surface area contributed by atoms with E-state index in [0.29, 0.717) is 66.6 Å². The van der Waals surface area contributed by atoms with E-state index >= 15 is 0 Å². The number of carbonyl (C=O) groups excluding carboxylic acids is 4. The highest BCUT2D eigenvalue weighted by molar-refractivity contribution is 7.26. The van der Waals surface area contributed by atoms with Crippen LogP contribution in [0.2, 0.25) is 0 Å². The van der Waals surface area contributed by atoms with E-state index in [1.165, 1.54) is 47.5 Å². The third kappa shape index (κ3) is 12.9. The number of rotatable bonds is 16. The number of hydrogen-bond acceptors (Lipinski definition) is 18. The predicted molar refractivity (Wildman–Crippen MR) is 556 cm³/mol. The van der Waals surface area contributed by atoms with Crippen LogP contribution in [0.25, 0.3) is 258 Å². The van der Waals surface area contributed by atoms with Crippen LogP contribution in [0.5, 0.6) is 0 Å². The van der Waals surface area contributed by atoms with Crippen LogP contribution >= 0.6 is 45.3 Å². The zero-order chi connectivity index (χ0) is 90.8. The molecule has 18 aromatic carbocycles. The van der Waals surface area contributed by atoms with Crippen molar-refractivity contribution in [2.75, 3.05) is 20.3 Å². The topological polar surface area (TPSA) is 183 Å². The zero-order valence-electron chi connectivity index (χ0n) is 72.9. The fraction of sp³-hybridized carbons (Fsp3) is 0.0508. The van der Waals surface area contributed by atoms with Gasteiger partial charge in [-0.25, -0.2) is 39.1 Å². The van der Waals surface area contributed by atoms with E-state index in [-0.39, 0.29) is 25.4 Å². The van der Waals surface area contributed by atoms with Crippen LogP contribution in [-0.4, -0.2) is 64.1 Å². The second kappa shape index (κ2) is 31.9. The molecule has 0 aliphatic rings. The normalized spacial score (nSPS) is 12.0. The van der Waals surface area contributed by atoms with Gasteiger partial charge in [0.2, 0.25) is 0 Å². The second-order valence-electron chi connectivity index (χ2n) is 34.0. The molecule has 0 saturated carbocycles. The molecular weight excluding hydrogens is 1760 g/mol. The van der Waals surface area contributed by atoms with Crippen molar-refractivity contribution in [1.29, 1.82) is 0 Å². The Labute approximate surface area is 790 Å². The molecular formula is C118H70N4O10S4. The Balaban J connectivity index is 0.590. The maximum atomic E-state index is 15.0. The molecule has 0 bridgehead atoms. The van der Waals surface area contributed by atoms with Crippen LogP contribution in [-0.2, 0) is 25.6 Å². The van der Waals surface area contributed by atoms with E-state index in [9.17, 15) is 19.2 Å². The fourth-order valence-corrected chi connectivity index (χ4v) is 24.6. The molecule has 18 heteroatoms. The van der Waals surface area contributed by atoms with Crippen LogP contribution in [0.4, 0.5) is 0 Å². The molecule has 0 radical (unpaired) electrons. The van der Waals surface area contributed by atoms with Crippen molar-refractivity contribution in [2.24, 2.45) is 0 Å². The number of hydrogen-bond donors (Lipinski definition) is 0. The highest BCUT2D eigenvalue weighted by atomic mass is 32.1. The highest BCUT2D eigenvalue weighted by Gasteiger charge is 2.31. The SMILES string of the molecule is CCOC(=O)c1ccccc1-c1ccc2c3ccc(-c4cccc(COC(=O)c5ccc(-c6ccc7c8ccc(-c9ccc(C(=O)OC)cc9)cc8c8nc9c(-c%10ccc%11sc%12ccccc%12c%11c%10)sc(-c%10ccc%11sc%12ccccc%12c%11c%10)c9nc8c7c6)cc5)c4C(=O)OCC)cc3c3nc4c(-c5cccc6c5oc5ccccc56)sc(-c5cccc6c5oc5ccccc56)c4nc3c2c1. The van der Waals surface area contributed by atoms with E-state index < -0.39 is 23.9 Å². The number of esters is 4. The number of benzene rings is 18. The fourth-order valence-electron chi connectivity index (χ4n) is 20.1. The Morgan fingerprint density at radius 3 is 1.13 bits per heavy atom. The number of fused-ring (bicyclic) bond motifs is 26. The Bertz CT molecular complexity index is 9700. The van der Waals surface area contributed by atoms with E-state index in [2.05, 4.69) is 194 Å². The minimum Gasteiger partial charge on any atom is -0.465 e.